The highest BCUT2D eigenvalue weighted by molar-refractivity contribution is 5.94. The number of hydrogen-bond acceptors (Lipinski definition) is 5. The first-order valence-corrected chi connectivity index (χ1v) is 9.04. The monoisotopic (exact) mass is 394 g/mol. The lowest BCUT2D eigenvalue weighted by atomic mass is 10.1. The second-order valence-corrected chi connectivity index (χ2v) is 6.59. The first-order valence-electron chi connectivity index (χ1n) is 9.04. The summed E-state index contributed by atoms with van der Waals surface area (Å²) in [5.41, 5.74) is 0.853. The quantitative estimate of drug-likeness (QED) is 0.839. The molecular weight excluding hydrogens is 373 g/mol. The van der Waals surface area contributed by atoms with Crippen LogP contribution in [0, 0.1) is 6.92 Å². The third-order valence-corrected chi connectivity index (χ3v) is 4.30. The highest BCUT2D eigenvalue weighted by Crippen LogP contribution is 2.23. The Kier molecular flexibility index (Phi) is 6.01. The van der Waals surface area contributed by atoms with Crippen LogP contribution in [0.15, 0.2) is 30.3 Å². The average molecular weight is 394 g/mol. The topological polar surface area (TPSA) is 67.4 Å². The molecule has 1 aromatic heterocycles. The summed E-state index contributed by atoms with van der Waals surface area (Å²) in [6.45, 7) is 3.81. The molecule has 3 rings (SSSR count). The van der Waals surface area contributed by atoms with E-state index >= 15 is 0 Å². The van der Waals surface area contributed by atoms with Gasteiger partial charge in [-0.15, -0.1) is 13.2 Å². The van der Waals surface area contributed by atoms with Gasteiger partial charge in [-0.2, -0.15) is 0 Å². The molecule has 0 unspecified atom stereocenters. The molecule has 28 heavy (non-hydrogen) atoms. The van der Waals surface area contributed by atoms with Gasteiger partial charge in [0.15, 0.2) is 0 Å². The summed E-state index contributed by atoms with van der Waals surface area (Å²) in [6.07, 6.45) is -1.37. The number of amides is 1. The maximum Gasteiger partial charge on any atom is 0.573 e. The minimum atomic E-state index is -4.81. The molecule has 1 fully saturated rings. The molecule has 1 aliphatic heterocycles. The summed E-state index contributed by atoms with van der Waals surface area (Å²) in [5.74, 6) is 0.310. The molecule has 0 spiro atoms. The molecule has 0 atom stereocenters. The molecule has 150 valence electrons. The maximum absolute atomic E-state index is 12.3. The molecule has 2 heterocycles. The number of nitrogens with zero attached hydrogens (tertiary/aromatic N) is 3. The van der Waals surface area contributed by atoms with Crippen molar-refractivity contribution in [3.05, 3.63) is 47.4 Å². The summed E-state index contributed by atoms with van der Waals surface area (Å²) in [5, 5.41) is 2.64. The highest BCUT2D eigenvalue weighted by atomic mass is 19.4. The van der Waals surface area contributed by atoms with Crippen LogP contribution in [0.4, 0.5) is 19.0 Å². The van der Waals surface area contributed by atoms with Crippen molar-refractivity contribution in [2.45, 2.75) is 39.1 Å². The number of aryl methyl sites for hydroxylation is 1. The molecule has 1 amide bonds. The second-order valence-electron chi connectivity index (χ2n) is 6.59. The predicted octanol–water partition coefficient (Wildman–Crippen LogP) is 3.60. The number of aromatic nitrogens is 2. The molecule has 2 aromatic rings. The molecular formula is C19H21F3N4O2. The van der Waals surface area contributed by atoms with Crippen molar-refractivity contribution in [2.24, 2.45) is 0 Å². The summed E-state index contributed by atoms with van der Waals surface area (Å²) >= 11 is 0. The number of halogens is 3. The van der Waals surface area contributed by atoms with Gasteiger partial charge in [-0.25, -0.2) is 9.97 Å². The Balaban J connectivity index is 1.66. The summed E-state index contributed by atoms with van der Waals surface area (Å²) in [6, 6.07) is 6.83. The van der Waals surface area contributed by atoms with Crippen LogP contribution in [0.25, 0.3) is 0 Å². The zero-order valence-corrected chi connectivity index (χ0v) is 15.4. The van der Waals surface area contributed by atoms with E-state index in [1.54, 1.807) is 0 Å². The van der Waals surface area contributed by atoms with Crippen molar-refractivity contribution in [1.29, 1.82) is 0 Å². The third-order valence-electron chi connectivity index (χ3n) is 4.30. The lowest BCUT2D eigenvalue weighted by molar-refractivity contribution is -0.274. The molecule has 1 aromatic carbocycles. The van der Waals surface area contributed by atoms with Gasteiger partial charge in [0.25, 0.3) is 5.91 Å². The Morgan fingerprint density at radius 1 is 1.18 bits per heavy atom. The Labute approximate surface area is 160 Å². The van der Waals surface area contributed by atoms with Gasteiger partial charge < -0.3 is 15.0 Å². The SMILES string of the molecule is Cc1cc(N2CCCCC2)nc(CNC(=O)c2cccc(OC(F)(F)F)c2)n1. The van der Waals surface area contributed by atoms with E-state index in [0.717, 1.165) is 49.6 Å². The molecule has 9 heteroatoms. The number of carbonyl (C=O) groups excluding carboxylic acids is 1. The lowest BCUT2D eigenvalue weighted by Gasteiger charge is -2.28. The number of rotatable bonds is 5. The van der Waals surface area contributed by atoms with Gasteiger partial charge in [-0.05, 0) is 44.4 Å². The van der Waals surface area contributed by atoms with Crippen LogP contribution in [0.2, 0.25) is 0 Å². The van der Waals surface area contributed by atoms with E-state index in [1.165, 1.54) is 18.6 Å². The van der Waals surface area contributed by atoms with Crippen molar-refractivity contribution < 1.29 is 22.7 Å². The smallest absolute Gasteiger partial charge is 0.406 e. The molecule has 0 bridgehead atoms. The van der Waals surface area contributed by atoms with E-state index in [1.807, 2.05) is 13.0 Å². The van der Waals surface area contributed by atoms with Crippen molar-refractivity contribution in [3.8, 4) is 5.75 Å². The fraction of sp³-hybridized carbons (Fsp3) is 0.421. The van der Waals surface area contributed by atoms with Crippen molar-refractivity contribution >= 4 is 11.7 Å². The molecule has 0 radical (unpaired) electrons. The van der Waals surface area contributed by atoms with Crippen LogP contribution in [-0.4, -0.2) is 35.3 Å². The molecule has 1 aliphatic rings. The first-order chi connectivity index (χ1) is 13.3. The number of alkyl halides is 3. The number of anilines is 1. The van der Waals surface area contributed by atoms with Crippen LogP contribution >= 0.6 is 0 Å². The van der Waals surface area contributed by atoms with E-state index in [4.69, 9.17) is 0 Å². The average Bonchev–Trinajstić information content (AvgIpc) is 2.65. The third kappa shape index (κ3) is 5.58. The highest BCUT2D eigenvalue weighted by Gasteiger charge is 2.31. The Morgan fingerprint density at radius 2 is 1.93 bits per heavy atom. The number of piperidine rings is 1. The van der Waals surface area contributed by atoms with E-state index < -0.39 is 18.0 Å². The molecule has 1 N–H and O–H groups in total. The van der Waals surface area contributed by atoms with Crippen molar-refractivity contribution in [3.63, 3.8) is 0 Å². The predicted molar refractivity (Wildman–Crippen MR) is 97.1 cm³/mol. The number of benzene rings is 1. The van der Waals surface area contributed by atoms with Crippen LogP contribution in [0.3, 0.4) is 0 Å². The van der Waals surface area contributed by atoms with Crippen molar-refractivity contribution in [1.82, 2.24) is 15.3 Å². The van der Waals surface area contributed by atoms with Crippen molar-refractivity contribution in [2.75, 3.05) is 18.0 Å². The molecule has 6 nitrogen and oxygen atoms in total. The lowest BCUT2D eigenvalue weighted by Crippen LogP contribution is -2.31. The van der Waals surface area contributed by atoms with Crippen LogP contribution in [-0.2, 0) is 6.54 Å². The fourth-order valence-corrected chi connectivity index (χ4v) is 3.07. The normalized spacial score (nSPS) is 14.6. The van der Waals surface area contributed by atoms with Gasteiger partial charge in [0.2, 0.25) is 0 Å². The zero-order chi connectivity index (χ0) is 20.1. The first kappa shape index (κ1) is 19.9. The maximum atomic E-state index is 12.3. The number of nitrogens with one attached hydrogen (secondary N) is 1. The number of hydrogen-bond donors (Lipinski definition) is 1. The number of ether oxygens (including phenoxy) is 1. The zero-order valence-electron chi connectivity index (χ0n) is 15.4. The Morgan fingerprint density at radius 3 is 2.64 bits per heavy atom. The van der Waals surface area contributed by atoms with Crippen LogP contribution in [0.5, 0.6) is 5.75 Å². The number of carbonyl (C=O) groups is 1. The Hall–Kier alpha value is -2.84. The molecule has 0 saturated carbocycles. The van der Waals surface area contributed by atoms with Gasteiger partial charge in [0, 0.05) is 30.4 Å². The van der Waals surface area contributed by atoms with Gasteiger partial charge in [0.05, 0.1) is 6.54 Å². The van der Waals surface area contributed by atoms with E-state index in [2.05, 4.69) is 24.9 Å². The molecule has 0 aliphatic carbocycles. The second kappa shape index (κ2) is 8.45. The Bertz CT molecular complexity index is 836. The minimum absolute atomic E-state index is 0.0608. The van der Waals surface area contributed by atoms with Crippen LogP contribution < -0.4 is 15.0 Å². The summed E-state index contributed by atoms with van der Waals surface area (Å²) in [4.78, 5) is 23.3. The van der Waals surface area contributed by atoms with Gasteiger partial charge in [-0.3, -0.25) is 4.79 Å². The molecule has 1 saturated heterocycles. The largest absolute Gasteiger partial charge is 0.573 e. The van der Waals surface area contributed by atoms with Crippen LogP contribution in [0.1, 0.15) is 41.1 Å². The standard InChI is InChI=1S/C19H21F3N4O2/c1-13-10-17(26-8-3-2-4-9-26)25-16(24-13)12-23-18(27)14-6-5-7-15(11-14)28-19(20,21)22/h5-7,10-11H,2-4,8-9,12H2,1H3,(H,23,27). The summed E-state index contributed by atoms with van der Waals surface area (Å²) in [7, 11) is 0. The van der Waals surface area contributed by atoms with E-state index in [0.29, 0.717) is 5.82 Å². The van der Waals surface area contributed by atoms with Gasteiger partial charge in [-0.1, -0.05) is 6.07 Å². The van der Waals surface area contributed by atoms with Gasteiger partial charge in [0.1, 0.15) is 17.4 Å². The minimum Gasteiger partial charge on any atom is -0.406 e. The van der Waals surface area contributed by atoms with E-state index in [-0.39, 0.29) is 12.1 Å². The summed E-state index contributed by atoms with van der Waals surface area (Å²) < 4.78 is 40.8. The van der Waals surface area contributed by atoms with Gasteiger partial charge >= 0.3 is 6.36 Å². The fourth-order valence-electron chi connectivity index (χ4n) is 3.07. The van der Waals surface area contributed by atoms with E-state index in [9.17, 15) is 18.0 Å².